The Labute approximate surface area is 127 Å². The molecule has 21 heavy (non-hydrogen) atoms. The lowest BCUT2D eigenvalue weighted by atomic mass is 10.0. The lowest BCUT2D eigenvalue weighted by Gasteiger charge is -2.25. The molecule has 7 heteroatoms. The summed E-state index contributed by atoms with van der Waals surface area (Å²) in [5, 5.41) is 12.4. The van der Waals surface area contributed by atoms with Crippen molar-refractivity contribution >= 4 is 29.2 Å². The Morgan fingerprint density at radius 1 is 1.48 bits per heavy atom. The van der Waals surface area contributed by atoms with Crippen LogP contribution in [0.2, 0.25) is 5.02 Å². The van der Waals surface area contributed by atoms with Gasteiger partial charge in [-0.15, -0.1) is 0 Å². The van der Waals surface area contributed by atoms with Crippen LogP contribution in [0.3, 0.4) is 0 Å². The van der Waals surface area contributed by atoms with Gasteiger partial charge in [0.25, 0.3) is 0 Å². The number of carbonyl (C=O) groups is 2. The van der Waals surface area contributed by atoms with Gasteiger partial charge in [0.05, 0.1) is 25.7 Å². The summed E-state index contributed by atoms with van der Waals surface area (Å²) < 4.78 is 5.20. The van der Waals surface area contributed by atoms with Crippen LogP contribution in [0.25, 0.3) is 0 Å². The molecule has 0 aromatic heterocycles. The molecule has 6 nitrogen and oxygen atoms in total. The van der Waals surface area contributed by atoms with E-state index in [-0.39, 0.29) is 25.1 Å². The molecular formula is C14H17ClN2O4. The van der Waals surface area contributed by atoms with Crippen molar-refractivity contribution in [2.24, 2.45) is 5.92 Å². The minimum absolute atomic E-state index is 0.0876. The van der Waals surface area contributed by atoms with Gasteiger partial charge in [-0.25, -0.2) is 0 Å². The van der Waals surface area contributed by atoms with Gasteiger partial charge in [-0.2, -0.15) is 0 Å². The Bertz CT molecular complexity index is 537. The number of benzene rings is 1. The van der Waals surface area contributed by atoms with Gasteiger partial charge in [0.15, 0.2) is 0 Å². The first-order valence-electron chi connectivity index (χ1n) is 6.53. The lowest BCUT2D eigenvalue weighted by molar-refractivity contribution is -0.143. The monoisotopic (exact) mass is 312 g/mol. The number of halogens is 1. The van der Waals surface area contributed by atoms with Crippen molar-refractivity contribution in [1.82, 2.24) is 4.90 Å². The van der Waals surface area contributed by atoms with Crippen LogP contribution in [-0.4, -0.2) is 54.7 Å². The van der Waals surface area contributed by atoms with Crippen LogP contribution in [0.15, 0.2) is 24.3 Å². The topological polar surface area (TPSA) is 78.9 Å². The molecule has 2 atom stereocenters. The molecule has 2 unspecified atom stereocenters. The molecule has 1 aromatic carbocycles. The second-order valence-corrected chi connectivity index (χ2v) is 5.46. The van der Waals surface area contributed by atoms with Crippen LogP contribution >= 0.6 is 11.6 Å². The SMILES string of the molecule is CN(CC(=O)Nc1cccc(Cl)c1)C1COCC1C(=O)O. The number of amides is 1. The Morgan fingerprint density at radius 2 is 2.24 bits per heavy atom. The number of nitrogens with zero attached hydrogens (tertiary/aromatic N) is 1. The third kappa shape index (κ3) is 4.17. The summed E-state index contributed by atoms with van der Waals surface area (Å²) in [6, 6.07) is 6.55. The van der Waals surface area contributed by atoms with E-state index in [9.17, 15) is 9.59 Å². The number of aliphatic carboxylic acids is 1. The minimum Gasteiger partial charge on any atom is -0.481 e. The van der Waals surface area contributed by atoms with E-state index in [1.54, 1.807) is 36.2 Å². The molecular weight excluding hydrogens is 296 g/mol. The van der Waals surface area contributed by atoms with E-state index in [1.807, 2.05) is 0 Å². The number of hydrogen-bond donors (Lipinski definition) is 2. The third-order valence-electron chi connectivity index (χ3n) is 3.44. The first kappa shape index (κ1) is 15.8. The molecule has 0 spiro atoms. The van der Waals surface area contributed by atoms with Gasteiger partial charge in [0.2, 0.25) is 5.91 Å². The van der Waals surface area contributed by atoms with Crippen molar-refractivity contribution in [3.8, 4) is 0 Å². The number of carbonyl (C=O) groups excluding carboxylic acids is 1. The summed E-state index contributed by atoms with van der Waals surface area (Å²) in [6.45, 7) is 0.586. The number of rotatable bonds is 5. The van der Waals surface area contributed by atoms with E-state index in [2.05, 4.69) is 5.32 Å². The number of ether oxygens (including phenoxy) is 1. The normalized spacial score (nSPS) is 21.5. The van der Waals surface area contributed by atoms with E-state index in [0.29, 0.717) is 17.3 Å². The molecule has 2 rings (SSSR count). The van der Waals surface area contributed by atoms with Crippen LogP contribution in [0.1, 0.15) is 0 Å². The van der Waals surface area contributed by atoms with E-state index < -0.39 is 11.9 Å². The Morgan fingerprint density at radius 3 is 2.90 bits per heavy atom. The molecule has 0 radical (unpaired) electrons. The molecule has 1 amide bonds. The molecule has 1 fully saturated rings. The summed E-state index contributed by atoms with van der Waals surface area (Å²) in [4.78, 5) is 24.8. The summed E-state index contributed by atoms with van der Waals surface area (Å²) in [5.41, 5.74) is 0.610. The van der Waals surface area contributed by atoms with E-state index in [1.165, 1.54) is 0 Å². The fourth-order valence-electron chi connectivity index (χ4n) is 2.32. The molecule has 0 saturated carbocycles. The summed E-state index contributed by atoms with van der Waals surface area (Å²) in [7, 11) is 1.72. The zero-order valence-corrected chi connectivity index (χ0v) is 12.3. The average molecular weight is 313 g/mol. The zero-order valence-electron chi connectivity index (χ0n) is 11.6. The van der Waals surface area contributed by atoms with Gasteiger partial charge in [-0.05, 0) is 25.2 Å². The Balaban J connectivity index is 1.91. The van der Waals surface area contributed by atoms with E-state index in [0.717, 1.165) is 0 Å². The van der Waals surface area contributed by atoms with Gasteiger partial charge in [-0.3, -0.25) is 14.5 Å². The van der Waals surface area contributed by atoms with Gasteiger partial charge in [0, 0.05) is 16.8 Å². The van der Waals surface area contributed by atoms with Crippen molar-refractivity contribution < 1.29 is 19.4 Å². The number of anilines is 1. The summed E-state index contributed by atoms with van der Waals surface area (Å²) >= 11 is 5.85. The second-order valence-electron chi connectivity index (χ2n) is 5.02. The highest BCUT2D eigenvalue weighted by molar-refractivity contribution is 6.30. The maximum atomic E-state index is 12.0. The van der Waals surface area contributed by atoms with E-state index in [4.69, 9.17) is 21.4 Å². The largest absolute Gasteiger partial charge is 0.481 e. The van der Waals surface area contributed by atoms with Gasteiger partial charge < -0.3 is 15.2 Å². The van der Waals surface area contributed by atoms with Gasteiger partial charge >= 0.3 is 5.97 Å². The summed E-state index contributed by atoms with van der Waals surface area (Å²) in [5.74, 6) is -1.73. The van der Waals surface area contributed by atoms with Crippen LogP contribution in [-0.2, 0) is 14.3 Å². The average Bonchev–Trinajstić information content (AvgIpc) is 2.87. The van der Waals surface area contributed by atoms with Crippen LogP contribution < -0.4 is 5.32 Å². The van der Waals surface area contributed by atoms with Gasteiger partial charge in [0.1, 0.15) is 0 Å². The molecule has 2 N–H and O–H groups in total. The first-order chi connectivity index (χ1) is 9.97. The molecule has 1 heterocycles. The quantitative estimate of drug-likeness (QED) is 0.857. The van der Waals surface area contributed by atoms with Crippen LogP contribution in [0, 0.1) is 5.92 Å². The molecule has 0 bridgehead atoms. The number of carboxylic acid groups (broad SMARTS) is 1. The minimum atomic E-state index is -0.903. The first-order valence-corrected chi connectivity index (χ1v) is 6.91. The third-order valence-corrected chi connectivity index (χ3v) is 3.67. The lowest BCUT2D eigenvalue weighted by Crippen LogP contribution is -2.44. The second kappa shape index (κ2) is 6.89. The molecule has 1 aliphatic rings. The van der Waals surface area contributed by atoms with Crippen molar-refractivity contribution in [3.63, 3.8) is 0 Å². The van der Waals surface area contributed by atoms with Crippen molar-refractivity contribution in [2.45, 2.75) is 6.04 Å². The number of likely N-dealkylation sites (N-methyl/N-ethyl adjacent to an activating group) is 1. The number of nitrogens with one attached hydrogen (secondary N) is 1. The highest BCUT2D eigenvalue weighted by Crippen LogP contribution is 2.19. The number of hydrogen-bond acceptors (Lipinski definition) is 4. The molecule has 1 aromatic rings. The van der Waals surface area contributed by atoms with Crippen molar-refractivity contribution in [3.05, 3.63) is 29.3 Å². The number of carboxylic acids is 1. The zero-order chi connectivity index (χ0) is 15.4. The predicted molar refractivity (Wildman–Crippen MR) is 78.4 cm³/mol. The van der Waals surface area contributed by atoms with Gasteiger partial charge in [-0.1, -0.05) is 17.7 Å². The molecule has 1 aliphatic heterocycles. The predicted octanol–water partition coefficient (Wildman–Crippen LogP) is 1.31. The highest BCUT2D eigenvalue weighted by atomic mass is 35.5. The molecule has 0 aliphatic carbocycles. The highest BCUT2D eigenvalue weighted by Gasteiger charge is 2.37. The molecule has 114 valence electrons. The fraction of sp³-hybridized carbons (Fsp3) is 0.429. The Hall–Kier alpha value is -1.63. The smallest absolute Gasteiger partial charge is 0.310 e. The maximum absolute atomic E-state index is 12.0. The van der Waals surface area contributed by atoms with Crippen LogP contribution in [0.4, 0.5) is 5.69 Å². The standard InChI is InChI=1S/C14H17ClN2O4/c1-17(12-8-21-7-11(12)14(19)20)6-13(18)16-10-4-2-3-9(15)5-10/h2-5,11-12H,6-8H2,1H3,(H,16,18)(H,19,20). The summed E-state index contributed by atoms with van der Waals surface area (Å²) in [6.07, 6.45) is 0. The Kier molecular flexibility index (Phi) is 5.17. The van der Waals surface area contributed by atoms with E-state index >= 15 is 0 Å². The molecule has 1 saturated heterocycles. The fourth-order valence-corrected chi connectivity index (χ4v) is 2.51. The van der Waals surface area contributed by atoms with Crippen LogP contribution in [0.5, 0.6) is 0 Å². The van der Waals surface area contributed by atoms with Crippen molar-refractivity contribution in [1.29, 1.82) is 0 Å². The van der Waals surface area contributed by atoms with Crippen molar-refractivity contribution in [2.75, 3.05) is 32.1 Å². The maximum Gasteiger partial charge on any atom is 0.310 e.